The molecule has 2 atom stereocenters. The maximum Gasteiger partial charge on any atom is 0.452 e. The van der Waals surface area contributed by atoms with Gasteiger partial charge in [0, 0.05) is 37.4 Å². The van der Waals surface area contributed by atoms with E-state index in [2.05, 4.69) is 10.3 Å². The number of nitrogens with one attached hydrogen (secondary N) is 1. The number of carboxylic acids is 1. The number of aliphatic carboxylic acids is 1. The number of nitrogens with zero attached hydrogens (tertiary/aromatic N) is 3. The summed E-state index contributed by atoms with van der Waals surface area (Å²) in [5.74, 6) is -6.50. The second-order valence-corrected chi connectivity index (χ2v) is 10.3. The Morgan fingerprint density at radius 2 is 1.62 bits per heavy atom. The highest BCUT2D eigenvalue weighted by Crippen LogP contribution is 2.36. The Morgan fingerprint density at radius 3 is 2.24 bits per heavy atom. The molecule has 3 aromatic rings. The Morgan fingerprint density at radius 1 is 0.952 bits per heavy atom. The summed E-state index contributed by atoms with van der Waals surface area (Å²) in [6.07, 6.45) is -2.39. The second-order valence-electron chi connectivity index (χ2n) is 10.3. The minimum Gasteiger partial charge on any atom is -0.481 e. The van der Waals surface area contributed by atoms with Crippen molar-refractivity contribution >= 4 is 29.2 Å². The summed E-state index contributed by atoms with van der Waals surface area (Å²) >= 11 is 0. The van der Waals surface area contributed by atoms with Crippen LogP contribution in [0.25, 0.3) is 11.5 Å². The van der Waals surface area contributed by atoms with E-state index >= 15 is 4.39 Å². The molecule has 2 heterocycles. The maximum absolute atomic E-state index is 15.0. The number of amides is 2. The first kappa shape index (κ1) is 29.1. The molecule has 1 aliphatic carbocycles. The summed E-state index contributed by atoms with van der Waals surface area (Å²) in [7, 11) is 0. The van der Waals surface area contributed by atoms with Gasteiger partial charge in [-0.3, -0.25) is 14.4 Å². The second kappa shape index (κ2) is 11.8. The zero-order chi connectivity index (χ0) is 30.0. The highest BCUT2D eigenvalue weighted by Gasteiger charge is 2.42. The van der Waals surface area contributed by atoms with Crippen LogP contribution in [-0.4, -0.2) is 59.0 Å². The molecular weight excluding hydrogens is 560 g/mol. The monoisotopic (exact) mass is 588 g/mol. The van der Waals surface area contributed by atoms with Crippen LogP contribution in [0, 0.1) is 17.7 Å². The topological polar surface area (TPSA) is 116 Å². The lowest BCUT2D eigenvalue weighted by molar-refractivity contribution is -0.153. The minimum absolute atomic E-state index is 0.174. The van der Waals surface area contributed by atoms with E-state index in [1.54, 1.807) is 23.1 Å². The molecule has 1 saturated carbocycles. The Kier molecular flexibility index (Phi) is 8.19. The molecule has 2 fully saturated rings. The van der Waals surface area contributed by atoms with Gasteiger partial charge in [-0.15, -0.1) is 0 Å². The minimum atomic E-state index is -5.01. The SMILES string of the molecule is O=C(Nc1ccc(N2CCN(C(=O)C3CCCCC3C(=O)O)CC2)cc1F)c1nc(-c2ccccc2)oc1C(F)(F)F. The van der Waals surface area contributed by atoms with Crippen LogP contribution in [0.4, 0.5) is 28.9 Å². The predicted molar refractivity (Wildman–Crippen MR) is 143 cm³/mol. The van der Waals surface area contributed by atoms with Gasteiger partial charge in [0.15, 0.2) is 5.69 Å². The fourth-order valence-electron chi connectivity index (χ4n) is 5.50. The van der Waals surface area contributed by atoms with E-state index in [0.717, 1.165) is 18.9 Å². The van der Waals surface area contributed by atoms with Crippen molar-refractivity contribution in [3.05, 3.63) is 65.8 Å². The molecule has 2 aromatic carbocycles. The molecular formula is C29H28F4N4O5. The van der Waals surface area contributed by atoms with Gasteiger partial charge in [-0.1, -0.05) is 31.0 Å². The molecule has 13 heteroatoms. The maximum atomic E-state index is 15.0. The van der Waals surface area contributed by atoms with E-state index in [4.69, 9.17) is 4.42 Å². The van der Waals surface area contributed by atoms with Gasteiger partial charge < -0.3 is 24.6 Å². The van der Waals surface area contributed by atoms with Gasteiger partial charge in [0.25, 0.3) is 5.91 Å². The smallest absolute Gasteiger partial charge is 0.452 e. The van der Waals surface area contributed by atoms with Crippen molar-refractivity contribution in [3.8, 4) is 11.5 Å². The molecule has 5 rings (SSSR count). The summed E-state index contributed by atoms with van der Waals surface area (Å²) in [6.45, 7) is 1.41. The number of alkyl halides is 3. The molecule has 222 valence electrons. The average molecular weight is 589 g/mol. The summed E-state index contributed by atoms with van der Waals surface area (Å²) in [6, 6.07) is 11.7. The van der Waals surface area contributed by atoms with Gasteiger partial charge in [0.05, 0.1) is 17.5 Å². The zero-order valence-corrected chi connectivity index (χ0v) is 22.4. The molecule has 2 amide bonds. The standard InChI is InChI=1S/C29H28F4N4O5/c30-21-16-18(36-12-14-37(15-13-36)27(39)19-8-4-5-9-20(19)28(40)41)10-11-22(21)34-25(38)23-24(29(31,32)33)42-26(35-23)17-6-2-1-3-7-17/h1-3,6-7,10-11,16,19-20H,4-5,8-9,12-15H2,(H,34,38)(H,40,41). The molecule has 1 saturated heterocycles. The fraction of sp³-hybridized carbons (Fsp3) is 0.379. The number of carbonyl (C=O) groups is 3. The van der Waals surface area contributed by atoms with Crippen LogP contribution in [-0.2, 0) is 15.8 Å². The number of oxazole rings is 1. The summed E-state index contributed by atoms with van der Waals surface area (Å²) in [4.78, 5) is 44.7. The average Bonchev–Trinajstić information content (AvgIpc) is 3.45. The molecule has 42 heavy (non-hydrogen) atoms. The van der Waals surface area contributed by atoms with Crippen molar-refractivity contribution < 1.29 is 41.5 Å². The van der Waals surface area contributed by atoms with Crippen LogP contribution in [0.1, 0.15) is 41.9 Å². The van der Waals surface area contributed by atoms with Crippen LogP contribution in [0.3, 0.4) is 0 Å². The van der Waals surface area contributed by atoms with Gasteiger partial charge in [-0.05, 0) is 43.2 Å². The lowest BCUT2D eigenvalue weighted by Crippen LogP contribution is -2.52. The lowest BCUT2D eigenvalue weighted by Gasteiger charge is -2.39. The molecule has 9 nitrogen and oxygen atoms in total. The van der Waals surface area contributed by atoms with Crippen molar-refractivity contribution in [3.63, 3.8) is 0 Å². The Balaban J connectivity index is 1.25. The van der Waals surface area contributed by atoms with Crippen molar-refractivity contribution in [2.24, 2.45) is 11.8 Å². The predicted octanol–water partition coefficient (Wildman–Crippen LogP) is 5.29. The normalized spacial score (nSPS) is 19.4. The highest BCUT2D eigenvalue weighted by atomic mass is 19.4. The van der Waals surface area contributed by atoms with Crippen LogP contribution in [0.15, 0.2) is 52.9 Å². The van der Waals surface area contributed by atoms with Gasteiger partial charge in [-0.2, -0.15) is 13.2 Å². The van der Waals surface area contributed by atoms with Crippen LogP contribution < -0.4 is 10.2 Å². The van der Waals surface area contributed by atoms with Gasteiger partial charge in [0.1, 0.15) is 5.82 Å². The summed E-state index contributed by atoms with van der Waals surface area (Å²) < 4.78 is 60.7. The molecule has 1 aromatic heterocycles. The molecule has 2 N–H and O–H groups in total. The van der Waals surface area contributed by atoms with Crippen LogP contribution in [0.5, 0.6) is 0 Å². The molecule has 0 bridgehead atoms. The highest BCUT2D eigenvalue weighted by molar-refractivity contribution is 6.04. The molecule has 1 aliphatic heterocycles. The van der Waals surface area contributed by atoms with Crippen LogP contribution in [0.2, 0.25) is 0 Å². The largest absolute Gasteiger partial charge is 0.481 e. The number of aromatic nitrogens is 1. The molecule has 0 radical (unpaired) electrons. The van der Waals surface area contributed by atoms with Gasteiger partial charge >= 0.3 is 12.1 Å². The van der Waals surface area contributed by atoms with E-state index in [9.17, 15) is 32.7 Å². The van der Waals surface area contributed by atoms with Crippen molar-refractivity contribution in [1.82, 2.24) is 9.88 Å². The van der Waals surface area contributed by atoms with E-state index in [1.165, 1.54) is 24.3 Å². The van der Waals surface area contributed by atoms with Crippen LogP contribution >= 0.6 is 0 Å². The third-order valence-electron chi connectivity index (χ3n) is 7.68. The summed E-state index contributed by atoms with van der Waals surface area (Å²) in [5, 5.41) is 11.7. The number of benzene rings is 2. The third-order valence-corrected chi connectivity index (χ3v) is 7.68. The van der Waals surface area contributed by atoms with E-state index in [0.29, 0.717) is 44.7 Å². The number of rotatable bonds is 6. The Labute approximate surface area is 238 Å². The number of piperazine rings is 1. The number of hydrogen-bond acceptors (Lipinski definition) is 6. The van der Waals surface area contributed by atoms with Crippen molar-refractivity contribution in [2.45, 2.75) is 31.9 Å². The molecule has 2 unspecified atom stereocenters. The van der Waals surface area contributed by atoms with E-state index in [-0.39, 0.29) is 17.2 Å². The Bertz CT molecular complexity index is 1470. The van der Waals surface area contributed by atoms with Crippen molar-refractivity contribution in [1.29, 1.82) is 0 Å². The number of hydrogen-bond donors (Lipinski definition) is 2. The summed E-state index contributed by atoms with van der Waals surface area (Å²) in [5.41, 5.74) is -0.664. The third kappa shape index (κ3) is 6.09. The zero-order valence-electron chi connectivity index (χ0n) is 22.4. The quantitative estimate of drug-likeness (QED) is 0.376. The first-order chi connectivity index (χ1) is 20.0. The number of anilines is 2. The number of carbonyl (C=O) groups excluding carboxylic acids is 2. The number of halogens is 4. The lowest BCUT2D eigenvalue weighted by atomic mass is 9.78. The molecule has 0 spiro atoms. The van der Waals surface area contributed by atoms with Crippen molar-refractivity contribution in [2.75, 3.05) is 36.4 Å². The van der Waals surface area contributed by atoms with E-state index < -0.39 is 53.1 Å². The number of carboxylic acid groups (broad SMARTS) is 1. The fourth-order valence-corrected chi connectivity index (χ4v) is 5.50. The van der Waals surface area contributed by atoms with Gasteiger partial charge in [0.2, 0.25) is 17.6 Å². The molecule has 2 aliphatic rings. The Hall–Kier alpha value is -4.42. The van der Waals surface area contributed by atoms with E-state index in [1.807, 2.05) is 4.90 Å². The first-order valence-electron chi connectivity index (χ1n) is 13.5. The first-order valence-corrected chi connectivity index (χ1v) is 13.5. The van der Waals surface area contributed by atoms with Gasteiger partial charge in [-0.25, -0.2) is 9.37 Å².